The van der Waals surface area contributed by atoms with Gasteiger partial charge in [0.15, 0.2) is 0 Å². The number of carbonyl (C=O) groups is 1. The van der Waals surface area contributed by atoms with Gasteiger partial charge in [0.05, 0.1) is 5.56 Å². The van der Waals surface area contributed by atoms with Crippen molar-refractivity contribution in [3.05, 3.63) is 29.6 Å². The maximum absolute atomic E-state index is 10.7. The lowest BCUT2D eigenvalue weighted by molar-refractivity contribution is 0.100. The molecule has 2 N–H and O–H groups in total. The molecule has 0 unspecified atom stereocenters. The number of carbonyl (C=O) groups excluding carboxylic acids is 1. The molecule has 0 radical (unpaired) electrons. The average Bonchev–Trinajstić information content (AvgIpc) is 2.40. The van der Waals surface area contributed by atoms with E-state index in [1.165, 1.54) is 0 Å². The molecule has 0 saturated carbocycles. The first kappa shape index (κ1) is 6.22. The summed E-state index contributed by atoms with van der Waals surface area (Å²) >= 11 is 0. The number of rotatable bonds is 1. The van der Waals surface area contributed by atoms with Crippen molar-refractivity contribution in [3.63, 3.8) is 0 Å². The van der Waals surface area contributed by atoms with E-state index in [-0.39, 0.29) is 5.91 Å². The molecule has 1 amide bonds. The Bertz CT molecular complexity index is 336. The van der Waals surface area contributed by atoms with Gasteiger partial charge < -0.3 is 10.3 Å². The monoisotopic (exact) mass is 148 g/mol. The molecule has 2 rings (SSSR count). The minimum Gasteiger partial charge on any atom is -0.366 e. The van der Waals surface area contributed by atoms with Crippen molar-refractivity contribution < 1.29 is 4.79 Å². The maximum Gasteiger partial charge on any atom is 0.250 e. The molecule has 1 aliphatic heterocycles. The van der Waals surface area contributed by atoms with Crippen LogP contribution in [0.15, 0.2) is 18.3 Å². The van der Waals surface area contributed by atoms with Crippen molar-refractivity contribution in [3.8, 4) is 0 Å². The van der Waals surface area contributed by atoms with Crippen molar-refractivity contribution in [1.82, 2.24) is 4.57 Å². The normalized spacial score (nSPS) is 13.5. The maximum atomic E-state index is 10.7. The molecule has 1 aliphatic rings. The van der Waals surface area contributed by atoms with E-state index in [0.717, 1.165) is 12.2 Å². The Hall–Kier alpha value is -1.51. The third-order valence-electron chi connectivity index (χ3n) is 1.81. The predicted molar refractivity (Wildman–Crippen MR) is 42.0 cm³/mol. The summed E-state index contributed by atoms with van der Waals surface area (Å²) in [5.41, 5.74) is 6.74. The molecule has 1 aromatic heterocycles. The molecule has 3 nitrogen and oxygen atoms in total. The van der Waals surface area contributed by atoms with Crippen molar-refractivity contribution >= 4 is 12.0 Å². The number of aromatic nitrogens is 1. The average molecular weight is 148 g/mol. The van der Waals surface area contributed by atoms with Crippen LogP contribution in [0.4, 0.5) is 0 Å². The van der Waals surface area contributed by atoms with E-state index in [0.29, 0.717) is 5.56 Å². The quantitative estimate of drug-likeness (QED) is 0.623. The predicted octanol–water partition coefficient (Wildman–Crippen LogP) is 0.614. The van der Waals surface area contributed by atoms with Gasteiger partial charge in [-0.1, -0.05) is 6.08 Å². The largest absolute Gasteiger partial charge is 0.366 e. The first-order valence-electron chi connectivity index (χ1n) is 3.44. The summed E-state index contributed by atoms with van der Waals surface area (Å²) in [5.74, 6) is -0.361. The van der Waals surface area contributed by atoms with Crippen molar-refractivity contribution in [2.24, 2.45) is 5.73 Å². The smallest absolute Gasteiger partial charge is 0.250 e. The Kier molecular flexibility index (Phi) is 1.12. The van der Waals surface area contributed by atoms with Gasteiger partial charge in [-0.15, -0.1) is 0 Å². The van der Waals surface area contributed by atoms with E-state index in [2.05, 4.69) is 0 Å². The van der Waals surface area contributed by atoms with Gasteiger partial charge >= 0.3 is 0 Å². The molecule has 0 saturated heterocycles. The van der Waals surface area contributed by atoms with E-state index in [1.54, 1.807) is 12.3 Å². The number of primary amides is 1. The number of fused-ring (bicyclic) bond motifs is 1. The lowest BCUT2D eigenvalue weighted by Crippen LogP contribution is -2.09. The number of hydrogen-bond donors (Lipinski definition) is 1. The summed E-state index contributed by atoms with van der Waals surface area (Å²) in [4.78, 5) is 10.7. The van der Waals surface area contributed by atoms with Crippen LogP contribution in [-0.2, 0) is 6.54 Å². The van der Waals surface area contributed by atoms with Gasteiger partial charge in [-0.2, -0.15) is 0 Å². The van der Waals surface area contributed by atoms with Gasteiger partial charge in [0.2, 0.25) is 5.91 Å². The van der Waals surface area contributed by atoms with Crippen LogP contribution in [0.5, 0.6) is 0 Å². The third kappa shape index (κ3) is 0.852. The minimum absolute atomic E-state index is 0.361. The fourth-order valence-corrected chi connectivity index (χ4v) is 1.25. The van der Waals surface area contributed by atoms with E-state index in [1.807, 2.05) is 16.7 Å². The molecule has 0 atom stereocenters. The van der Waals surface area contributed by atoms with Crippen LogP contribution in [0, 0.1) is 0 Å². The van der Waals surface area contributed by atoms with Gasteiger partial charge in [0, 0.05) is 18.4 Å². The second-order valence-corrected chi connectivity index (χ2v) is 2.57. The Balaban J connectivity index is 2.49. The summed E-state index contributed by atoms with van der Waals surface area (Å²) in [7, 11) is 0. The standard InChI is InChI=1S/C8H8N2O/c9-8(11)6-4-7-2-1-3-10(7)5-6/h1-2,4-5H,3H2,(H2,9,11). The molecule has 2 heterocycles. The molecule has 0 aromatic carbocycles. The van der Waals surface area contributed by atoms with Gasteiger partial charge in [-0.25, -0.2) is 0 Å². The molecule has 11 heavy (non-hydrogen) atoms. The second-order valence-electron chi connectivity index (χ2n) is 2.57. The van der Waals surface area contributed by atoms with E-state index < -0.39 is 0 Å². The van der Waals surface area contributed by atoms with Gasteiger partial charge in [0.25, 0.3) is 0 Å². The first-order valence-corrected chi connectivity index (χ1v) is 3.44. The Morgan fingerprint density at radius 2 is 2.45 bits per heavy atom. The molecule has 0 aliphatic carbocycles. The zero-order valence-electron chi connectivity index (χ0n) is 5.95. The lowest BCUT2D eigenvalue weighted by atomic mass is 10.3. The molecule has 0 spiro atoms. The van der Waals surface area contributed by atoms with E-state index in [4.69, 9.17) is 5.73 Å². The van der Waals surface area contributed by atoms with Gasteiger partial charge in [0.1, 0.15) is 0 Å². The number of nitrogens with zero attached hydrogens (tertiary/aromatic N) is 1. The number of nitrogens with two attached hydrogens (primary N) is 1. The highest BCUT2D eigenvalue weighted by atomic mass is 16.1. The molecular formula is C8H8N2O. The number of hydrogen-bond acceptors (Lipinski definition) is 1. The molecule has 3 heteroatoms. The minimum atomic E-state index is -0.361. The molecule has 56 valence electrons. The van der Waals surface area contributed by atoms with E-state index >= 15 is 0 Å². The van der Waals surface area contributed by atoms with Crippen LogP contribution >= 0.6 is 0 Å². The molecule has 0 fully saturated rings. The molecule has 0 bridgehead atoms. The molecular weight excluding hydrogens is 140 g/mol. The van der Waals surface area contributed by atoms with Crippen LogP contribution in [-0.4, -0.2) is 10.5 Å². The summed E-state index contributed by atoms with van der Waals surface area (Å²) in [6, 6.07) is 1.80. The third-order valence-corrected chi connectivity index (χ3v) is 1.81. The second kappa shape index (κ2) is 1.99. The van der Waals surface area contributed by atoms with Crippen LogP contribution in [0.1, 0.15) is 16.1 Å². The van der Waals surface area contributed by atoms with Crippen LogP contribution in [0.3, 0.4) is 0 Å². The highest BCUT2D eigenvalue weighted by Crippen LogP contribution is 2.15. The summed E-state index contributed by atoms with van der Waals surface area (Å²) in [6.45, 7) is 0.850. The molecule has 1 aromatic rings. The van der Waals surface area contributed by atoms with Crippen molar-refractivity contribution in [2.45, 2.75) is 6.54 Å². The Morgan fingerprint density at radius 3 is 3.09 bits per heavy atom. The van der Waals surface area contributed by atoms with Crippen LogP contribution < -0.4 is 5.73 Å². The van der Waals surface area contributed by atoms with Crippen LogP contribution in [0.25, 0.3) is 6.08 Å². The zero-order chi connectivity index (χ0) is 7.84. The fourth-order valence-electron chi connectivity index (χ4n) is 1.25. The Labute approximate surface area is 64.1 Å². The summed E-state index contributed by atoms with van der Waals surface area (Å²) in [5, 5.41) is 0. The van der Waals surface area contributed by atoms with Gasteiger partial charge in [-0.3, -0.25) is 4.79 Å². The van der Waals surface area contributed by atoms with Crippen molar-refractivity contribution in [2.75, 3.05) is 0 Å². The lowest BCUT2D eigenvalue weighted by Gasteiger charge is -1.91. The number of amides is 1. The topological polar surface area (TPSA) is 48.0 Å². The number of allylic oxidation sites excluding steroid dienone is 1. The van der Waals surface area contributed by atoms with Crippen LogP contribution in [0.2, 0.25) is 0 Å². The SMILES string of the molecule is NC(=O)c1cc2n(c1)CC=C2. The Morgan fingerprint density at radius 1 is 1.64 bits per heavy atom. The van der Waals surface area contributed by atoms with Crippen molar-refractivity contribution in [1.29, 1.82) is 0 Å². The summed E-state index contributed by atoms with van der Waals surface area (Å²) < 4.78 is 1.99. The fraction of sp³-hybridized carbons (Fsp3) is 0.125. The van der Waals surface area contributed by atoms with Gasteiger partial charge in [-0.05, 0) is 12.1 Å². The highest BCUT2D eigenvalue weighted by Gasteiger charge is 2.09. The highest BCUT2D eigenvalue weighted by molar-refractivity contribution is 5.93. The zero-order valence-corrected chi connectivity index (χ0v) is 5.95. The summed E-state index contributed by atoms with van der Waals surface area (Å²) in [6.07, 6.45) is 5.80. The first-order chi connectivity index (χ1) is 5.27. The van der Waals surface area contributed by atoms with E-state index in [9.17, 15) is 4.79 Å².